The third-order valence-corrected chi connectivity index (χ3v) is 6.47. The van der Waals surface area contributed by atoms with Crippen LogP contribution < -0.4 is 10.1 Å². The number of benzene rings is 4. The Morgan fingerprint density at radius 3 is 2.09 bits per heavy atom. The van der Waals surface area contributed by atoms with E-state index >= 15 is 0 Å². The first-order valence-corrected chi connectivity index (χ1v) is 12.4. The fraction of sp³-hybridized carbons (Fsp3) is 0. The van der Waals surface area contributed by atoms with E-state index in [4.69, 9.17) is 27.9 Å². The van der Waals surface area contributed by atoms with E-state index in [0.717, 1.165) is 0 Å². The van der Waals surface area contributed by atoms with E-state index < -0.39 is 5.91 Å². The number of ketones is 1. The normalized spacial score (nSPS) is 10.6. The zero-order valence-electron chi connectivity index (χ0n) is 17.7. The molecule has 9 heteroatoms. The lowest BCUT2D eigenvalue weighted by molar-refractivity contribution is 0.101. The molecule has 4 aromatic carbocycles. The number of carbonyl (C=O) groups excluding carboxylic acids is 2. The van der Waals surface area contributed by atoms with E-state index in [1.165, 1.54) is 12.1 Å². The minimum Gasteiger partial charge on any atom is -0.506 e. The summed E-state index contributed by atoms with van der Waals surface area (Å²) in [5.74, 6) is -0.306. The SMILES string of the molecule is O=C(c1ccc(Cl)cc1)c1cc(NC(=O)c2cc(Br)cc(Br)c2O)ccc1Oc1ccc(Cl)cc1. The van der Waals surface area contributed by atoms with Crippen molar-refractivity contribution in [2.75, 3.05) is 5.32 Å². The number of hydrogen-bond acceptors (Lipinski definition) is 4. The van der Waals surface area contributed by atoms with Crippen LogP contribution in [-0.4, -0.2) is 16.8 Å². The van der Waals surface area contributed by atoms with E-state index in [1.807, 2.05) is 0 Å². The third-order valence-electron chi connectivity index (χ3n) is 4.90. The molecule has 0 bridgehead atoms. The predicted octanol–water partition coefficient (Wildman–Crippen LogP) is 8.50. The Morgan fingerprint density at radius 1 is 0.800 bits per heavy atom. The molecule has 0 aromatic heterocycles. The van der Waals surface area contributed by atoms with Crippen LogP contribution in [0.1, 0.15) is 26.3 Å². The summed E-state index contributed by atoms with van der Waals surface area (Å²) in [6.07, 6.45) is 0. The number of amides is 1. The van der Waals surface area contributed by atoms with Gasteiger partial charge in [0.25, 0.3) is 5.91 Å². The summed E-state index contributed by atoms with van der Waals surface area (Å²) < 4.78 is 6.93. The quantitative estimate of drug-likeness (QED) is 0.208. The molecule has 5 nitrogen and oxygen atoms in total. The van der Waals surface area contributed by atoms with Gasteiger partial charge in [0.1, 0.15) is 17.2 Å². The fourth-order valence-corrected chi connectivity index (χ4v) is 4.68. The minimum atomic E-state index is -0.555. The Kier molecular flexibility index (Phi) is 7.82. The van der Waals surface area contributed by atoms with Crippen molar-refractivity contribution < 1.29 is 19.4 Å². The predicted molar refractivity (Wildman–Crippen MR) is 144 cm³/mol. The standard InChI is InChI=1S/C26H15Br2Cl2NO4/c27-15-11-21(25(33)22(28)12-15)26(34)31-18-7-10-23(35-19-8-5-17(30)6-9-19)20(13-18)24(32)14-1-3-16(29)4-2-14/h1-13,33H,(H,31,34). The van der Waals surface area contributed by atoms with Crippen LogP contribution in [0.2, 0.25) is 10.0 Å². The number of carbonyl (C=O) groups is 2. The molecule has 0 radical (unpaired) electrons. The molecule has 0 aliphatic carbocycles. The van der Waals surface area contributed by atoms with Crippen molar-refractivity contribution in [2.45, 2.75) is 0 Å². The maximum atomic E-state index is 13.4. The molecule has 0 atom stereocenters. The second-order valence-electron chi connectivity index (χ2n) is 7.34. The third kappa shape index (κ3) is 6.05. The van der Waals surface area contributed by atoms with Crippen LogP contribution in [0.3, 0.4) is 0 Å². The van der Waals surface area contributed by atoms with Gasteiger partial charge >= 0.3 is 0 Å². The van der Waals surface area contributed by atoms with E-state index in [1.54, 1.807) is 66.7 Å². The number of hydrogen-bond donors (Lipinski definition) is 2. The second-order valence-corrected chi connectivity index (χ2v) is 9.98. The van der Waals surface area contributed by atoms with Crippen molar-refractivity contribution in [1.82, 2.24) is 0 Å². The van der Waals surface area contributed by atoms with Gasteiger partial charge in [0.15, 0.2) is 5.78 Å². The highest BCUT2D eigenvalue weighted by Gasteiger charge is 2.19. The molecule has 0 heterocycles. The molecule has 176 valence electrons. The van der Waals surface area contributed by atoms with E-state index in [9.17, 15) is 14.7 Å². The van der Waals surface area contributed by atoms with Gasteiger partial charge in [0.05, 0.1) is 15.6 Å². The topological polar surface area (TPSA) is 75.6 Å². The Bertz CT molecular complexity index is 1420. The van der Waals surface area contributed by atoms with Gasteiger partial charge in [-0.3, -0.25) is 9.59 Å². The summed E-state index contributed by atoms with van der Waals surface area (Å²) in [4.78, 5) is 26.2. The van der Waals surface area contributed by atoms with Crippen LogP contribution in [-0.2, 0) is 0 Å². The largest absolute Gasteiger partial charge is 0.506 e. The molecule has 0 aliphatic rings. The zero-order valence-corrected chi connectivity index (χ0v) is 22.4. The van der Waals surface area contributed by atoms with Gasteiger partial charge in [0.2, 0.25) is 0 Å². The maximum absolute atomic E-state index is 13.4. The molecule has 0 unspecified atom stereocenters. The van der Waals surface area contributed by atoms with Crippen molar-refractivity contribution in [1.29, 1.82) is 0 Å². The first-order valence-electron chi connectivity index (χ1n) is 10.1. The Hall–Kier alpha value is -2.84. The van der Waals surface area contributed by atoms with Crippen molar-refractivity contribution in [3.8, 4) is 17.2 Å². The number of nitrogens with one attached hydrogen (secondary N) is 1. The Morgan fingerprint density at radius 2 is 1.43 bits per heavy atom. The summed E-state index contributed by atoms with van der Waals surface area (Å²) >= 11 is 18.5. The van der Waals surface area contributed by atoms with Crippen molar-refractivity contribution >= 4 is 72.4 Å². The number of rotatable bonds is 6. The van der Waals surface area contributed by atoms with Crippen LogP contribution in [0.5, 0.6) is 17.2 Å². The molecular weight excluding hydrogens is 621 g/mol. The van der Waals surface area contributed by atoms with Crippen molar-refractivity contribution in [3.05, 3.63) is 115 Å². The van der Waals surface area contributed by atoms with Crippen LogP contribution in [0, 0.1) is 0 Å². The molecule has 4 rings (SSSR count). The second kappa shape index (κ2) is 10.8. The number of aromatic hydroxyl groups is 1. The fourth-order valence-electron chi connectivity index (χ4n) is 3.20. The van der Waals surface area contributed by atoms with Crippen molar-refractivity contribution in [3.63, 3.8) is 0 Å². The number of anilines is 1. The average Bonchev–Trinajstić information content (AvgIpc) is 2.83. The van der Waals surface area contributed by atoms with E-state index in [0.29, 0.717) is 41.7 Å². The van der Waals surface area contributed by atoms with Gasteiger partial charge in [-0.1, -0.05) is 39.1 Å². The molecule has 2 N–H and O–H groups in total. The highest BCUT2D eigenvalue weighted by Crippen LogP contribution is 2.34. The van der Waals surface area contributed by atoms with Crippen LogP contribution in [0.4, 0.5) is 5.69 Å². The van der Waals surface area contributed by atoms with E-state index in [2.05, 4.69) is 37.2 Å². The lowest BCUT2D eigenvalue weighted by atomic mass is 10.0. The Labute approximate surface area is 227 Å². The molecule has 0 saturated carbocycles. The smallest absolute Gasteiger partial charge is 0.259 e. The van der Waals surface area contributed by atoms with Gasteiger partial charge in [0, 0.05) is 25.8 Å². The summed E-state index contributed by atoms with van der Waals surface area (Å²) in [6, 6.07) is 21.0. The number of phenolic OH excluding ortho intramolecular Hbond substituents is 1. The average molecular weight is 636 g/mol. The van der Waals surface area contributed by atoms with Crippen LogP contribution >= 0.6 is 55.1 Å². The summed E-state index contributed by atoms with van der Waals surface area (Å²) in [5, 5.41) is 14.1. The number of halogens is 4. The minimum absolute atomic E-state index is 0.0540. The van der Waals surface area contributed by atoms with Gasteiger partial charge < -0.3 is 15.2 Å². The summed E-state index contributed by atoms with van der Waals surface area (Å²) in [7, 11) is 0. The molecule has 35 heavy (non-hydrogen) atoms. The van der Waals surface area contributed by atoms with Crippen LogP contribution in [0.15, 0.2) is 87.8 Å². The molecule has 1 amide bonds. The van der Waals surface area contributed by atoms with Gasteiger partial charge in [-0.2, -0.15) is 0 Å². The van der Waals surface area contributed by atoms with E-state index in [-0.39, 0.29) is 22.7 Å². The lowest BCUT2D eigenvalue weighted by Gasteiger charge is -2.14. The molecule has 4 aromatic rings. The van der Waals surface area contributed by atoms with Crippen LogP contribution in [0.25, 0.3) is 0 Å². The summed E-state index contributed by atoms with van der Waals surface area (Å²) in [6.45, 7) is 0. The highest BCUT2D eigenvalue weighted by molar-refractivity contribution is 9.11. The monoisotopic (exact) mass is 633 g/mol. The first kappa shape index (κ1) is 25.3. The Balaban J connectivity index is 1.71. The van der Waals surface area contributed by atoms with Gasteiger partial charge in [-0.05, 0) is 94.8 Å². The highest BCUT2D eigenvalue weighted by atomic mass is 79.9. The zero-order chi connectivity index (χ0) is 25.1. The summed E-state index contributed by atoms with van der Waals surface area (Å²) in [5.41, 5.74) is 1.01. The molecule has 0 fully saturated rings. The number of ether oxygens (including phenoxy) is 1. The molecule has 0 aliphatic heterocycles. The maximum Gasteiger partial charge on any atom is 0.259 e. The molecular formula is C26H15Br2Cl2NO4. The molecule has 0 saturated heterocycles. The van der Waals surface area contributed by atoms with Crippen molar-refractivity contribution in [2.24, 2.45) is 0 Å². The van der Waals surface area contributed by atoms with Gasteiger partial charge in [-0.15, -0.1) is 0 Å². The molecule has 0 spiro atoms. The lowest BCUT2D eigenvalue weighted by Crippen LogP contribution is -2.13. The first-order chi connectivity index (χ1) is 16.7. The number of phenols is 1. The van der Waals surface area contributed by atoms with Gasteiger partial charge in [-0.25, -0.2) is 0 Å².